The molecule has 0 saturated heterocycles. The molecule has 90 valence electrons. The molecule has 0 aliphatic heterocycles. The lowest BCUT2D eigenvalue weighted by atomic mass is 10.1. The second kappa shape index (κ2) is 4.10. The molecule has 0 spiro atoms. The third-order valence-corrected chi connectivity index (χ3v) is 2.86. The van der Waals surface area contributed by atoms with Gasteiger partial charge >= 0.3 is 0 Å². The molecule has 0 atom stereocenters. The second-order valence-corrected chi connectivity index (χ2v) is 4.08. The third kappa shape index (κ3) is 1.69. The molecule has 0 unspecified atom stereocenters. The number of nitrogens with zero attached hydrogens (tertiary/aromatic N) is 3. The lowest BCUT2D eigenvalue weighted by Crippen LogP contribution is -2.24. The molecule has 2 aromatic heterocycles. The highest BCUT2D eigenvalue weighted by Gasteiger charge is 2.08. The van der Waals surface area contributed by atoms with Gasteiger partial charge in [-0.15, -0.1) is 0 Å². The van der Waals surface area contributed by atoms with E-state index in [1.165, 1.54) is 10.9 Å². The fourth-order valence-electron chi connectivity index (χ4n) is 1.98. The lowest BCUT2D eigenvalue weighted by Gasteiger charge is -2.06. The van der Waals surface area contributed by atoms with E-state index < -0.39 is 0 Å². The second-order valence-electron chi connectivity index (χ2n) is 4.08. The molecule has 2 heterocycles. The van der Waals surface area contributed by atoms with E-state index in [1.807, 2.05) is 31.2 Å². The van der Waals surface area contributed by atoms with E-state index >= 15 is 0 Å². The zero-order valence-electron chi connectivity index (χ0n) is 9.83. The monoisotopic (exact) mass is 241 g/mol. The molecule has 0 aliphatic rings. The molecular formula is C13H11N3O2. The summed E-state index contributed by atoms with van der Waals surface area (Å²) in [6, 6.07) is 9.19. The van der Waals surface area contributed by atoms with Crippen molar-refractivity contribution in [1.82, 2.24) is 14.9 Å². The minimum atomic E-state index is -0.112. The Morgan fingerprint density at radius 2 is 2.00 bits per heavy atom. The summed E-state index contributed by atoms with van der Waals surface area (Å²) in [6.07, 6.45) is 1.48. The molecule has 0 fully saturated rings. The van der Waals surface area contributed by atoms with E-state index in [0.29, 0.717) is 17.6 Å². The minimum absolute atomic E-state index is 0.112. The summed E-state index contributed by atoms with van der Waals surface area (Å²) in [4.78, 5) is 12.2. The fraction of sp³-hybridized carbons (Fsp3) is 0.154. The maximum absolute atomic E-state index is 12.2. The summed E-state index contributed by atoms with van der Waals surface area (Å²) in [5.74, 6) is 0. The quantitative estimate of drug-likeness (QED) is 0.685. The maximum Gasteiger partial charge on any atom is 0.275 e. The summed E-state index contributed by atoms with van der Waals surface area (Å²) >= 11 is 0. The molecule has 5 nitrogen and oxygen atoms in total. The largest absolute Gasteiger partial charge is 0.364 e. The van der Waals surface area contributed by atoms with E-state index in [9.17, 15) is 4.79 Å². The summed E-state index contributed by atoms with van der Waals surface area (Å²) < 4.78 is 6.16. The molecule has 0 radical (unpaired) electrons. The molecule has 3 rings (SSSR count). The molecule has 5 heteroatoms. The van der Waals surface area contributed by atoms with Gasteiger partial charge in [0.1, 0.15) is 12.0 Å². The van der Waals surface area contributed by atoms with Crippen LogP contribution in [-0.4, -0.2) is 14.9 Å². The Hall–Kier alpha value is -2.43. The Kier molecular flexibility index (Phi) is 2.44. The summed E-state index contributed by atoms with van der Waals surface area (Å²) in [5, 5.41) is 9.65. The van der Waals surface area contributed by atoms with Gasteiger partial charge in [0.25, 0.3) is 5.56 Å². The molecule has 0 N–H and O–H groups in total. The van der Waals surface area contributed by atoms with Crippen molar-refractivity contribution in [1.29, 1.82) is 0 Å². The lowest BCUT2D eigenvalue weighted by molar-refractivity contribution is 0.407. The van der Waals surface area contributed by atoms with Gasteiger partial charge in [-0.05, 0) is 13.0 Å². The Morgan fingerprint density at radius 3 is 2.72 bits per heavy atom. The van der Waals surface area contributed by atoms with Crippen LogP contribution in [0.15, 0.2) is 45.9 Å². The van der Waals surface area contributed by atoms with Gasteiger partial charge in [0.15, 0.2) is 0 Å². The number of hydrogen-bond donors (Lipinski definition) is 0. The van der Waals surface area contributed by atoms with Crippen LogP contribution in [0, 0.1) is 6.92 Å². The summed E-state index contributed by atoms with van der Waals surface area (Å²) in [7, 11) is 0. The Labute approximate surface area is 103 Å². The van der Waals surface area contributed by atoms with Crippen molar-refractivity contribution in [3.8, 4) is 0 Å². The molecule has 0 bridgehead atoms. The van der Waals surface area contributed by atoms with Gasteiger partial charge in [-0.3, -0.25) is 4.79 Å². The van der Waals surface area contributed by atoms with Gasteiger partial charge in [-0.2, -0.15) is 5.10 Å². The molecule has 0 saturated carbocycles. The third-order valence-electron chi connectivity index (χ3n) is 2.86. The van der Waals surface area contributed by atoms with Crippen molar-refractivity contribution < 1.29 is 4.52 Å². The average Bonchev–Trinajstić information content (AvgIpc) is 2.89. The highest BCUT2D eigenvalue weighted by atomic mass is 16.5. The van der Waals surface area contributed by atoms with E-state index in [2.05, 4.69) is 10.3 Å². The number of fused-ring (bicyclic) bond motifs is 1. The first-order chi connectivity index (χ1) is 8.75. The van der Waals surface area contributed by atoms with Crippen molar-refractivity contribution >= 4 is 10.8 Å². The Morgan fingerprint density at radius 1 is 1.22 bits per heavy atom. The number of rotatable bonds is 2. The van der Waals surface area contributed by atoms with Crippen LogP contribution in [0.25, 0.3) is 10.8 Å². The first-order valence-corrected chi connectivity index (χ1v) is 5.61. The van der Waals surface area contributed by atoms with Gasteiger partial charge in [-0.1, -0.05) is 23.4 Å². The van der Waals surface area contributed by atoms with Gasteiger partial charge in [-0.25, -0.2) is 4.68 Å². The molecular weight excluding hydrogens is 230 g/mol. The van der Waals surface area contributed by atoms with Crippen LogP contribution in [0.5, 0.6) is 0 Å². The van der Waals surface area contributed by atoms with Crippen LogP contribution in [0.1, 0.15) is 11.4 Å². The molecule has 0 aliphatic carbocycles. The van der Waals surface area contributed by atoms with E-state index in [1.54, 1.807) is 6.07 Å². The SMILES string of the molecule is Cc1nn(Cc2ccon2)c(=O)c2ccccc12. The molecule has 0 amide bonds. The van der Waals surface area contributed by atoms with Crippen LogP contribution in [0.3, 0.4) is 0 Å². The minimum Gasteiger partial charge on any atom is -0.364 e. The first-order valence-electron chi connectivity index (χ1n) is 5.61. The van der Waals surface area contributed by atoms with Crippen molar-refractivity contribution in [3.05, 3.63) is 58.3 Å². The van der Waals surface area contributed by atoms with Gasteiger partial charge < -0.3 is 4.52 Å². The average molecular weight is 241 g/mol. The highest BCUT2D eigenvalue weighted by molar-refractivity contribution is 5.83. The zero-order valence-corrected chi connectivity index (χ0v) is 9.83. The first kappa shape index (κ1) is 10.7. The van der Waals surface area contributed by atoms with Crippen LogP contribution >= 0.6 is 0 Å². The van der Waals surface area contributed by atoms with Gasteiger partial charge in [0, 0.05) is 11.5 Å². The van der Waals surface area contributed by atoms with Gasteiger partial charge in [0.05, 0.1) is 17.6 Å². The molecule has 1 aromatic carbocycles. The highest BCUT2D eigenvalue weighted by Crippen LogP contribution is 2.12. The molecule has 3 aromatic rings. The predicted octanol–water partition coefficient (Wildman–Crippen LogP) is 1.74. The number of aromatic nitrogens is 3. The van der Waals surface area contributed by atoms with Crippen molar-refractivity contribution in [3.63, 3.8) is 0 Å². The smallest absolute Gasteiger partial charge is 0.275 e. The van der Waals surface area contributed by atoms with Crippen molar-refractivity contribution in [2.75, 3.05) is 0 Å². The van der Waals surface area contributed by atoms with Crippen LogP contribution in [-0.2, 0) is 6.54 Å². The topological polar surface area (TPSA) is 60.9 Å². The number of aryl methyl sites for hydroxylation is 1. The van der Waals surface area contributed by atoms with Crippen molar-refractivity contribution in [2.24, 2.45) is 0 Å². The van der Waals surface area contributed by atoms with Crippen LogP contribution in [0.4, 0.5) is 0 Å². The predicted molar refractivity (Wildman–Crippen MR) is 66.3 cm³/mol. The number of benzene rings is 1. The maximum atomic E-state index is 12.2. The standard InChI is InChI=1S/C13H11N3O2/c1-9-11-4-2-3-5-12(11)13(17)16(14-9)8-10-6-7-18-15-10/h2-7H,8H2,1H3. The zero-order chi connectivity index (χ0) is 12.5. The Balaban J connectivity index is 2.19. The molecule has 18 heavy (non-hydrogen) atoms. The normalized spacial score (nSPS) is 10.9. The van der Waals surface area contributed by atoms with E-state index in [0.717, 1.165) is 11.1 Å². The van der Waals surface area contributed by atoms with Crippen LogP contribution in [0.2, 0.25) is 0 Å². The van der Waals surface area contributed by atoms with E-state index in [-0.39, 0.29) is 5.56 Å². The fourth-order valence-corrected chi connectivity index (χ4v) is 1.98. The van der Waals surface area contributed by atoms with Gasteiger partial charge in [0.2, 0.25) is 0 Å². The summed E-state index contributed by atoms with van der Waals surface area (Å²) in [5.41, 5.74) is 1.40. The Bertz CT molecular complexity index is 745. The van der Waals surface area contributed by atoms with Crippen LogP contribution < -0.4 is 5.56 Å². The van der Waals surface area contributed by atoms with E-state index in [4.69, 9.17) is 4.52 Å². The summed E-state index contributed by atoms with van der Waals surface area (Å²) in [6.45, 7) is 2.21. The van der Waals surface area contributed by atoms with Crippen molar-refractivity contribution in [2.45, 2.75) is 13.5 Å². The number of hydrogen-bond acceptors (Lipinski definition) is 4.